The van der Waals surface area contributed by atoms with E-state index in [2.05, 4.69) is 5.32 Å². The van der Waals surface area contributed by atoms with Gasteiger partial charge in [0.15, 0.2) is 5.78 Å². The summed E-state index contributed by atoms with van der Waals surface area (Å²) >= 11 is 0. The van der Waals surface area contributed by atoms with Crippen LogP contribution >= 0.6 is 0 Å². The number of nitrogens with two attached hydrogens (primary N) is 1. The average molecular weight is 393 g/mol. The predicted molar refractivity (Wildman–Crippen MR) is 98.9 cm³/mol. The number of furan rings is 1. The molecule has 0 aliphatic carbocycles. The van der Waals surface area contributed by atoms with Crippen LogP contribution in [0.3, 0.4) is 0 Å². The number of hydrogen-bond donors (Lipinski definition) is 2. The summed E-state index contributed by atoms with van der Waals surface area (Å²) in [5, 5.41) is 2.69. The van der Waals surface area contributed by atoms with Crippen molar-refractivity contribution in [1.29, 1.82) is 0 Å². The van der Waals surface area contributed by atoms with Crippen molar-refractivity contribution in [3.8, 4) is 0 Å². The van der Waals surface area contributed by atoms with Gasteiger partial charge >= 0.3 is 0 Å². The van der Waals surface area contributed by atoms with Crippen molar-refractivity contribution < 1.29 is 28.3 Å². The standard InChI is InChI=1S/C19H27N3O6/c1-11(2)12(3)7-15(21-16(24)13-5-6-27-9-13)17(25)22(4)19(18(20)26)8-14(23)10-28-19/h5-6,9,11-12,15H,7-8,10H2,1-4H3,(H2,20,26)(H,21,24)/t12?,15-,19?/m0/s1. The Morgan fingerprint density at radius 2 is 2.00 bits per heavy atom. The number of hydrogen-bond acceptors (Lipinski definition) is 6. The molecule has 3 N–H and O–H groups in total. The van der Waals surface area contributed by atoms with Crippen molar-refractivity contribution in [1.82, 2.24) is 10.2 Å². The molecule has 2 heterocycles. The molecule has 0 saturated carbocycles. The molecule has 1 fully saturated rings. The van der Waals surface area contributed by atoms with E-state index in [1.807, 2.05) is 20.8 Å². The number of nitrogens with one attached hydrogen (secondary N) is 1. The van der Waals surface area contributed by atoms with Crippen LogP contribution in [0.25, 0.3) is 0 Å². The topological polar surface area (TPSA) is 132 Å². The van der Waals surface area contributed by atoms with Gasteiger partial charge in [0.1, 0.15) is 18.9 Å². The molecule has 9 heteroatoms. The smallest absolute Gasteiger partial charge is 0.271 e. The van der Waals surface area contributed by atoms with Crippen molar-refractivity contribution in [3.05, 3.63) is 24.2 Å². The molecular formula is C19H27N3O6. The molecule has 1 aromatic heterocycles. The number of Topliss-reactive ketones (excluding diaryl/α,β-unsaturated/α-hetero) is 1. The Bertz CT molecular complexity index is 745. The highest BCUT2D eigenvalue weighted by Gasteiger charge is 2.51. The molecule has 154 valence electrons. The Kier molecular flexibility index (Phi) is 6.60. The maximum absolute atomic E-state index is 13.2. The van der Waals surface area contributed by atoms with E-state index in [0.717, 1.165) is 4.90 Å². The van der Waals surface area contributed by atoms with E-state index in [1.54, 1.807) is 0 Å². The number of primary amides is 1. The van der Waals surface area contributed by atoms with Gasteiger partial charge in [-0.25, -0.2) is 0 Å². The third-order valence-corrected chi connectivity index (χ3v) is 5.30. The van der Waals surface area contributed by atoms with Crippen molar-refractivity contribution in [3.63, 3.8) is 0 Å². The maximum atomic E-state index is 13.2. The second-order valence-corrected chi connectivity index (χ2v) is 7.55. The van der Waals surface area contributed by atoms with E-state index < -0.39 is 29.5 Å². The molecule has 9 nitrogen and oxygen atoms in total. The van der Waals surface area contributed by atoms with Crippen LogP contribution in [0.5, 0.6) is 0 Å². The van der Waals surface area contributed by atoms with E-state index in [9.17, 15) is 19.2 Å². The minimum atomic E-state index is -1.84. The highest BCUT2D eigenvalue weighted by atomic mass is 16.5. The van der Waals surface area contributed by atoms with Crippen LogP contribution in [-0.4, -0.2) is 53.8 Å². The van der Waals surface area contributed by atoms with Crippen LogP contribution in [-0.2, 0) is 19.1 Å². The third kappa shape index (κ3) is 4.41. The first-order valence-electron chi connectivity index (χ1n) is 9.14. The van der Waals surface area contributed by atoms with Gasteiger partial charge in [-0.05, 0) is 24.3 Å². The number of ketones is 1. The molecule has 28 heavy (non-hydrogen) atoms. The fourth-order valence-electron chi connectivity index (χ4n) is 3.02. The first-order chi connectivity index (χ1) is 13.1. The lowest BCUT2D eigenvalue weighted by atomic mass is 9.90. The van der Waals surface area contributed by atoms with E-state index in [1.165, 1.54) is 25.6 Å². The molecule has 3 amide bonds. The van der Waals surface area contributed by atoms with Crippen molar-refractivity contribution >= 4 is 23.5 Å². The van der Waals surface area contributed by atoms with Gasteiger partial charge in [0, 0.05) is 7.05 Å². The maximum Gasteiger partial charge on any atom is 0.271 e. The molecule has 1 aliphatic rings. The summed E-state index contributed by atoms with van der Waals surface area (Å²) in [6.07, 6.45) is 2.66. The summed E-state index contributed by atoms with van der Waals surface area (Å²) in [5.74, 6) is -1.92. The highest BCUT2D eigenvalue weighted by molar-refractivity contribution is 6.00. The van der Waals surface area contributed by atoms with E-state index in [0.29, 0.717) is 6.42 Å². The van der Waals surface area contributed by atoms with E-state index >= 15 is 0 Å². The Balaban J connectivity index is 2.27. The molecule has 0 bridgehead atoms. The van der Waals surface area contributed by atoms with Crippen LogP contribution < -0.4 is 11.1 Å². The average Bonchev–Trinajstić information content (AvgIpc) is 3.30. The molecule has 0 aromatic carbocycles. The molecule has 2 rings (SSSR count). The Hall–Kier alpha value is -2.68. The van der Waals surface area contributed by atoms with Crippen molar-refractivity contribution in [2.24, 2.45) is 17.6 Å². The molecule has 1 aliphatic heterocycles. The lowest BCUT2D eigenvalue weighted by Crippen LogP contribution is -2.62. The number of carbonyl (C=O) groups is 4. The molecule has 1 aromatic rings. The fraction of sp³-hybridized carbons (Fsp3) is 0.579. The predicted octanol–water partition coefficient (Wildman–Crippen LogP) is 0.690. The van der Waals surface area contributed by atoms with Crippen molar-refractivity contribution in [2.75, 3.05) is 13.7 Å². The Morgan fingerprint density at radius 3 is 2.46 bits per heavy atom. The SMILES string of the molecule is CC(C)C(C)C[C@H](NC(=O)c1ccoc1)C(=O)N(C)C1(C(N)=O)CC(=O)CO1. The lowest BCUT2D eigenvalue weighted by Gasteiger charge is -2.37. The highest BCUT2D eigenvalue weighted by Crippen LogP contribution is 2.28. The summed E-state index contributed by atoms with van der Waals surface area (Å²) in [5.41, 5.74) is 3.89. The minimum Gasteiger partial charge on any atom is -0.472 e. The first kappa shape index (κ1) is 21.6. The Morgan fingerprint density at radius 1 is 1.32 bits per heavy atom. The molecular weight excluding hydrogens is 366 g/mol. The molecule has 3 atom stereocenters. The van der Waals surface area contributed by atoms with Crippen LogP contribution in [0.4, 0.5) is 0 Å². The molecule has 0 spiro atoms. The number of amides is 3. The summed E-state index contributed by atoms with van der Waals surface area (Å²) in [4.78, 5) is 50.4. The molecule has 1 saturated heterocycles. The van der Waals surface area contributed by atoms with Gasteiger partial charge in [-0.3, -0.25) is 19.2 Å². The zero-order valence-electron chi connectivity index (χ0n) is 16.6. The minimum absolute atomic E-state index is 0.0997. The van der Waals surface area contributed by atoms with Gasteiger partial charge in [0.05, 0.1) is 18.2 Å². The monoisotopic (exact) mass is 393 g/mol. The van der Waals surface area contributed by atoms with Crippen LogP contribution in [0.15, 0.2) is 23.0 Å². The number of ether oxygens (including phenoxy) is 1. The number of nitrogens with zero attached hydrogens (tertiary/aromatic N) is 1. The van der Waals surface area contributed by atoms with Gasteiger partial charge in [-0.1, -0.05) is 20.8 Å². The van der Waals surface area contributed by atoms with E-state index in [-0.39, 0.29) is 36.2 Å². The first-order valence-corrected chi connectivity index (χ1v) is 9.14. The second-order valence-electron chi connectivity index (χ2n) is 7.55. The van der Waals surface area contributed by atoms with Gasteiger partial charge in [0.2, 0.25) is 11.6 Å². The fourth-order valence-corrected chi connectivity index (χ4v) is 3.02. The van der Waals surface area contributed by atoms with Crippen LogP contribution in [0, 0.1) is 11.8 Å². The third-order valence-electron chi connectivity index (χ3n) is 5.30. The van der Waals surface area contributed by atoms with Gasteiger partial charge < -0.3 is 25.1 Å². The lowest BCUT2D eigenvalue weighted by molar-refractivity contribution is -0.173. The summed E-state index contributed by atoms with van der Waals surface area (Å²) < 4.78 is 10.2. The van der Waals surface area contributed by atoms with Gasteiger partial charge in [-0.15, -0.1) is 0 Å². The quantitative estimate of drug-likeness (QED) is 0.668. The summed E-state index contributed by atoms with van der Waals surface area (Å²) in [7, 11) is 1.35. The Labute approximate surface area is 163 Å². The van der Waals surface area contributed by atoms with Gasteiger partial charge in [-0.2, -0.15) is 0 Å². The number of rotatable bonds is 8. The normalized spacial score (nSPS) is 21.4. The largest absolute Gasteiger partial charge is 0.472 e. The summed E-state index contributed by atoms with van der Waals surface area (Å²) in [6.45, 7) is 5.69. The van der Waals surface area contributed by atoms with Crippen LogP contribution in [0.1, 0.15) is 44.0 Å². The number of likely N-dealkylation sites (N-methyl/N-ethyl adjacent to an activating group) is 1. The van der Waals surface area contributed by atoms with Crippen LogP contribution in [0.2, 0.25) is 0 Å². The summed E-state index contributed by atoms with van der Waals surface area (Å²) in [6, 6.07) is 0.552. The molecule has 2 unspecified atom stereocenters. The van der Waals surface area contributed by atoms with Gasteiger partial charge in [0.25, 0.3) is 11.8 Å². The number of carbonyl (C=O) groups excluding carboxylic acids is 4. The zero-order chi connectivity index (χ0) is 21.1. The van der Waals surface area contributed by atoms with Crippen molar-refractivity contribution in [2.45, 2.75) is 45.4 Å². The van der Waals surface area contributed by atoms with E-state index in [4.69, 9.17) is 14.9 Å². The zero-order valence-corrected chi connectivity index (χ0v) is 16.6. The molecule has 0 radical (unpaired) electrons. The second kappa shape index (κ2) is 8.55.